The minimum absolute atomic E-state index is 0.449. The smallest absolute Gasteiger partial charge is 0.329 e. The Morgan fingerprint density at radius 2 is 1.60 bits per heavy atom. The zero-order chi connectivity index (χ0) is 24.8. The number of hydrogen-bond acceptors (Lipinski definition) is 4. The van der Waals surface area contributed by atoms with Gasteiger partial charge in [-0.15, -0.1) is 0 Å². The van der Waals surface area contributed by atoms with E-state index in [1.807, 2.05) is 42.5 Å². The molecule has 7 heteroatoms. The Balaban J connectivity index is 1.34. The number of nitrogens with one attached hydrogen (secondary N) is 2. The van der Waals surface area contributed by atoms with E-state index in [9.17, 15) is 9.59 Å². The number of halogens is 1. The summed E-state index contributed by atoms with van der Waals surface area (Å²) in [5, 5.41) is 9.43. The molecule has 0 bridgehead atoms. The minimum Gasteiger partial charge on any atom is -0.489 e. The van der Waals surface area contributed by atoms with Crippen LogP contribution < -0.4 is 15.5 Å². The average molecular weight is 486 g/mol. The molecule has 176 valence electrons. The predicted molar refractivity (Wildman–Crippen MR) is 140 cm³/mol. The number of carbonyl (C=O) groups excluding carboxylic acids is 2. The second-order valence-corrected chi connectivity index (χ2v) is 8.36. The molecular formula is C28H24ClN3O3. The first-order chi connectivity index (χ1) is 16.9. The molecule has 2 amide bonds. The number of benzene rings is 4. The van der Waals surface area contributed by atoms with Gasteiger partial charge in [-0.1, -0.05) is 60.1 Å². The number of hydrazone groups is 1. The standard InChI is InChI=1S/C28H24ClN3O3/c1-18-25(29)11-6-12-26(18)30-27(33)28(34)32-31-19(2)20-13-15-23(16-14-20)35-17-22-9-5-8-21-7-3-4-10-24(21)22/h3-16H,17H2,1-2H3,(H,30,33)(H,32,34). The lowest BCUT2D eigenvalue weighted by molar-refractivity contribution is -0.136. The quantitative estimate of drug-likeness (QED) is 0.204. The molecule has 4 aromatic carbocycles. The van der Waals surface area contributed by atoms with Gasteiger partial charge in [-0.25, -0.2) is 5.43 Å². The molecule has 2 N–H and O–H groups in total. The van der Waals surface area contributed by atoms with Gasteiger partial charge in [0.05, 0.1) is 5.71 Å². The Hall–Kier alpha value is -4.16. The summed E-state index contributed by atoms with van der Waals surface area (Å²) in [6, 6.07) is 26.8. The van der Waals surface area contributed by atoms with E-state index in [2.05, 4.69) is 40.1 Å². The van der Waals surface area contributed by atoms with Crippen molar-refractivity contribution in [1.29, 1.82) is 0 Å². The van der Waals surface area contributed by atoms with Crippen LogP contribution in [0.5, 0.6) is 5.75 Å². The lowest BCUT2D eigenvalue weighted by atomic mass is 10.1. The molecule has 0 saturated carbocycles. The molecule has 0 aliphatic rings. The van der Waals surface area contributed by atoms with Gasteiger partial charge >= 0.3 is 11.8 Å². The van der Waals surface area contributed by atoms with Crippen molar-refractivity contribution in [2.75, 3.05) is 5.32 Å². The second-order valence-electron chi connectivity index (χ2n) is 7.96. The number of carbonyl (C=O) groups is 2. The largest absolute Gasteiger partial charge is 0.489 e. The van der Waals surface area contributed by atoms with E-state index < -0.39 is 11.8 Å². The summed E-state index contributed by atoms with van der Waals surface area (Å²) in [5.41, 5.74) is 5.88. The van der Waals surface area contributed by atoms with Crippen LogP contribution in [-0.4, -0.2) is 17.5 Å². The summed E-state index contributed by atoms with van der Waals surface area (Å²) in [7, 11) is 0. The van der Waals surface area contributed by atoms with Crippen molar-refractivity contribution in [3.63, 3.8) is 0 Å². The van der Waals surface area contributed by atoms with E-state index in [0.29, 0.717) is 28.6 Å². The molecule has 0 aromatic heterocycles. The highest BCUT2D eigenvalue weighted by atomic mass is 35.5. The van der Waals surface area contributed by atoms with Gasteiger partial charge in [0.2, 0.25) is 0 Å². The summed E-state index contributed by atoms with van der Waals surface area (Å²) in [5.74, 6) is -0.988. The fraction of sp³-hybridized carbons (Fsp3) is 0.107. The highest BCUT2D eigenvalue weighted by molar-refractivity contribution is 6.40. The number of hydrogen-bond donors (Lipinski definition) is 2. The van der Waals surface area contributed by atoms with Crippen LogP contribution in [0, 0.1) is 6.92 Å². The van der Waals surface area contributed by atoms with Crippen LogP contribution in [-0.2, 0) is 16.2 Å². The predicted octanol–water partition coefficient (Wildman–Crippen LogP) is 5.86. The van der Waals surface area contributed by atoms with E-state index in [-0.39, 0.29) is 0 Å². The molecule has 0 saturated heterocycles. The Morgan fingerprint density at radius 3 is 2.40 bits per heavy atom. The van der Waals surface area contributed by atoms with Crippen LogP contribution in [0.2, 0.25) is 5.02 Å². The van der Waals surface area contributed by atoms with Crippen molar-refractivity contribution in [3.8, 4) is 5.75 Å². The first-order valence-electron chi connectivity index (χ1n) is 11.0. The van der Waals surface area contributed by atoms with Crippen LogP contribution >= 0.6 is 11.6 Å². The molecule has 0 unspecified atom stereocenters. The summed E-state index contributed by atoms with van der Waals surface area (Å²) >= 11 is 6.05. The van der Waals surface area contributed by atoms with Crippen LogP contribution in [0.15, 0.2) is 90.0 Å². The molecule has 4 rings (SSSR count). The SMILES string of the molecule is CC(=NNC(=O)C(=O)Nc1cccc(Cl)c1C)c1ccc(OCc2cccc3ccccc23)cc1. The van der Waals surface area contributed by atoms with Gasteiger partial charge in [0.15, 0.2) is 0 Å². The number of rotatable bonds is 6. The van der Waals surface area contributed by atoms with Gasteiger partial charge in [0.25, 0.3) is 0 Å². The zero-order valence-electron chi connectivity index (χ0n) is 19.3. The number of fused-ring (bicyclic) bond motifs is 1. The maximum Gasteiger partial charge on any atom is 0.329 e. The van der Waals surface area contributed by atoms with Gasteiger partial charge in [0, 0.05) is 10.7 Å². The lowest BCUT2D eigenvalue weighted by Gasteiger charge is -2.10. The molecule has 0 fully saturated rings. The normalized spacial score (nSPS) is 11.2. The maximum absolute atomic E-state index is 12.2. The molecule has 0 spiro atoms. The van der Waals surface area contributed by atoms with Gasteiger partial charge < -0.3 is 10.1 Å². The molecule has 0 heterocycles. The van der Waals surface area contributed by atoms with Crippen LogP contribution in [0.1, 0.15) is 23.6 Å². The molecule has 0 radical (unpaired) electrons. The molecule has 4 aromatic rings. The Kier molecular flexibility index (Phi) is 7.43. The van der Waals surface area contributed by atoms with Gasteiger partial charge in [0.1, 0.15) is 12.4 Å². The summed E-state index contributed by atoms with van der Waals surface area (Å²) in [6.07, 6.45) is 0. The topological polar surface area (TPSA) is 79.8 Å². The highest BCUT2D eigenvalue weighted by Crippen LogP contribution is 2.23. The van der Waals surface area contributed by atoms with E-state index in [1.54, 1.807) is 32.0 Å². The zero-order valence-corrected chi connectivity index (χ0v) is 20.1. The van der Waals surface area contributed by atoms with Gasteiger partial charge in [-0.2, -0.15) is 5.10 Å². The monoisotopic (exact) mass is 485 g/mol. The van der Waals surface area contributed by atoms with E-state index >= 15 is 0 Å². The number of ether oxygens (including phenoxy) is 1. The average Bonchev–Trinajstić information content (AvgIpc) is 2.88. The Morgan fingerprint density at radius 1 is 0.886 bits per heavy atom. The molecule has 35 heavy (non-hydrogen) atoms. The van der Waals surface area contributed by atoms with E-state index in [1.165, 1.54) is 10.8 Å². The summed E-state index contributed by atoms with van der Waals surface area (Å²) in [6.45, 7) is 3.95. The lowest BCUT2D eigenvalue weighted by Crippen LogP contribution is -2.33. The van der Waals surface area contributed by atoms with Crippen molar-refractivity contribution in [2.45, 2.75) is 20.5 Å². The fourth-order valence-electron chi connectivity index (χ4n) is 3.54. The molecule has 0 aliphatic carbocycles. The summed E-state index contributed by atoms with van der Waals surface area (Å²) < 4.78 is 5.97. The highest BCUT2D eigenvalue weighted by Gasteiger charge is 2.15. The van der Waals surface area contributed by atoms with E-state index in [0.717, 1.165) is 16.9 Å². The maximum atomic E-state index is 12.2. The Bertz CT molecular complexity index is 1410. The first kappa shape index (κ1) is 24.0. The number of nitrogens with zero attached hydrogens (tertiary/aromatic N) is 1. The minimum atomic E-state index is -0.876. The Labute approximate surface area is 208 Å². The number of anilines is 1. The molecule has 0 atom stereocenters. The third-order valence-corrected chi connectivity index (χ3v) is 6.00. The van der Waals surface area contributed by atoms with Crippen molar-refractivity contribution in [1.82, 2.24) is 5.43 Å². The van der Waals surface area contributed by atoms with Crippen molar-refractivity contribution < 1.29 is 14.3 Å². The van der Waals surface area contributed by atoms with E-state index in [4.69, 9.17) is 16.3 Å². The van der Waals surface area contributed by atoms with Crippen LogP contribution in [0.3, 0.4) is 0 Å². The van der Waals surface area contributed by atoms with Gasteiger partial charge in [-0.05, 0) is 77.7 Å². The number of amides is 2. The van der Waals surface area contributed by atoms with Crippen LogP contribution in [0.25, 0.3) is 10.8 Å². The van der Waals surface area contributed by atoms with Crippen LogP contribution in [0.4, 0.5) is 5.69 Å². The fourth-order valence-corrected chi connectivity index (χ4v) is 3.72. The third kappa shape index (κ3) is 5.86. The van der Waals surface area contributed by atoms with Crippen molar-refractivity contribution >= 4 is 45.6 Å². The molecular weight excluding hydrogens is 462 g/mol. The van der Waals surface area contributed by atoms with Gasteiger partial charge in [-0.3, -0.25) is 9.59 Å². The second kappa shape index (κ2) is 10.8. The van der Waals surface area contributed by atoms with Crippen molar-refractivity contribution in [3.05, 3.63) is 107 Å². The summed E-state index contributed by atoms with van der Waals surface area (Å²) in [4.78, 5) is 24.4. The van der Waals surface area contributed by atoms with Crippen molar-refractivity contribution in [2.24, 2.45) is 5.10 Å². The third-order valence-electron chi connectivity index (χ3n) is 5.59. The first-order valence-corrected chi connectivity index (χ1v) is 11.4. The molecule has 6 nitrogen and oxygen atoms in total. The molecule has 0 aliphatic heterocycles.